The Morgan fingerprint density at radius 3 is 1.38 bits per heavy atom. The van der Waals surface area contributed by atoms with Crippen molar-refractivity contribution in [2.45, 2.75) is 92.4 Å². The molecule has 2 unspecified atom stereocenters. The molecule has 0 heterocycles. The van der Waals surface area contributed by atoms with Crippen molar-refractivity contribution < 1.29 is 29.2 Å². The molecule has 2 atom stereocenters. The summed E-state index contributed by atoms with van der Waals surface area (Å²) in [5.41, 5.74) is 1.09. The first-order valence-electron chi connectivity index (χ1n) is 7.35. The molecule has 190 valence electrons. The molecule has 0 fully saturated rings. The maximum absolute atomic E-state index is 8.99. The summed E-state index contributed by atoms with van der Waals surface area (Å²) in [4.78, 5) is 0. The summed E-state index contributed by atoms with van der Waals surface area (Å²) in [5.74, 6) is 0. The van der Waals surface area contributed by atoms with E-state index in [0.717, 1.165) is 5.57 Å². The summed E-state index contributed by atoms with van der Waals surface area (Å²) in [6, 6.07) is 0. The minimum absolute atomic E-state index is 0. The van der Waals surface area contributed by atoms with E-state index in [0.29, 0.717) is 52.9 Å². The molecular formula is C23H62O6. The van der Waals surface area contributed by atoms with Gasteiger partial charge in [-0.2, -0.15) is 0 Å². The third-order valence-electron chi connectivity index (χ3n) is 2.34. The molecule has 0 spiro atoms. The number of rotatable bonds is 14. The second-order valence-electron chi connectivity index (χ2n) is 5.03. The number of aliphatic hydroxyl groups excluding tert-OH is 2. The van der Waals surface area contributed by atoms with E-state index in [9.17, 15) is 0 Å². The molecular weight excluding hydrogens is 372 g/mol. The van der Waals surface area contributed by atoms with Crippen LogP contribution in [-0.2, 0) is 18.9 Å². The Morgan fingerprint density at radius 1 is 0.655 bits per heavy atom. The Labute approximate surface area is 186 Å². The molecule has 0 aromatic heterocycles. The highest BCUT2D eigenvalue weighted by molar-refractivity contribution is 4.98. The predicted octanol–water partition coefficient (Wildman–Crippen LogP) is 5.85. The Bertz CT molecular complexity index is 256. The van der Waals surface area contributed by atoms with Crippen LogP contribution in [0.4, 0.5) is 0 Å². The minimum atomic E-state index is -0.437. The number of hydrogen-bond donors (Lipinski definition) is 2. The van der Waals surface area contributed by atoms with Crippen LogP contribution in [0.3, 0.4) is 0 Å². The van der Waals surface area contributed by atoms with Gasteiger partial charge in [0.25, 0.3) is 0 Å². The number of ether oxygens (including phenoxy) is 4. The quantitative estimate of drug-likeness (QED) is 0.264. The van der Waals surface area contributed by atoms with Crippen LogP contribution in [0.15, 0.2) is 11.6 Å². The second kappa shape index (κ2) is 41.8. The maximum atomic E-state index is 8.99. The van der Waals surface area contributed by atoms with Crippen molar-refractivity contribution in [3.8, 4) is 0 Å². The van der Waals surface area contributed by atoms with Crippen LogP contribution in [0.2, 0.25) is 0 Å². The zero-order chi connectivity index (χ0) is 15.9. The van der Waals surface area contributed by atoms with E-state index in [1.807, 2.05) is 13.0 Å². The van der Waals surface area contributed by atoms with Gasteiger partial charge < -0.3 is 29.2 Å². The topological polar surface area (TPSA) is 77.4 Å². The van der Waals surface area contributed by atoms with Gasteiger partial charge in [0.05, 0.1) is 65.1 Å². The lowest BCUT2D eigenvalue weighted by atomic mass is 10.3. The fourth-order valence-corrected chi connectivity index (χ4v) is 1.32. The first-order valence-corrected chi connectivity index (χ1v) is 7.35. The predicted molar refractivity (Wildman–Crippen MR) is 134 cm³/mol. The van der Waals surface area contributed by atoms with Gasteiger partial charge >= 0.3 is 0 Å². The van der Waals surface area contributed by atoms with Crippen molar-refractivity contribution in [3.63, 3.8) is 0 Å². The summed E-state index contributed by atoms with van der Waals surface area (Å²) >= 11 is 0. The third kappa shape index (κ3) is 52.2. The van der Waals surface area contributed by atoms with Crippen LogP contribution >= 0.6 is 0 Å². The highest BCUT2D eigenvalue weighted by atomic mass is 16.5. The molecule has 0 aliphatic rings. The van der Waals surface area contributed by atoms with Crippen LogP contribution in [0.1, 0.15) is 80.2 Å². The molecule has 6 heteroatoms. The van der Waals surface area contributed by atoms with Gasteiger partial charge in [-0.25, -0.2) is 0 Å². The largest absolute Gasteiger partial charge is 0.391 e. The van der Waals surface area contributed by atoms with Crippen LogP contribution < -0.4 is 0 Å². The smallest absolute Gasteiger partial charge is 0.0745 e. The van der Waals surface area contributed by atoms with Gasteiger partial charge in [-0.05, 0) is 26.3 Å². The van der Waals surface area contributed by atoms with Crippen LogP contribution in [0, 0.1) is 0 Å². The standard InChI is InChI=1S/C15H30O6.8CH4/c1-13(10-19-8-9-21-12-15(3)17)4-5-18-6-7-20-11-14(2)16;;;;;;;;/h4,14-17H,5-12H2,1-3H3;8*1H4/b13-4-;;;;;;;;. The van der Waals surface area contributed by atoms with Gasteiger partial charge in [-0.3, -0.25) is 0 Å². The highest BCUT2D eigenvalue weighted by Crippen LogP contribution is 1.95. The Hall–Kier alpha value is -0.500. The van der Waals surface area contributed by atoms with Gasteiger partial charge in [0.2, 0.25) is 0 Å². The van der Waals surface area contributed by atoms with Gasteiger partial charge in [0, 0.05) is 0 Å². The second-order valence-corrected chi connectivity index (χ2v) is 5.03. The SMILES string of the molecule is C.C.C.C.C.C.C.C.C/C(=C/COCCOCC(C)O)COCCOCC(C)O. The Kier molecular flexibility index (Phi) is 81.7. The summed E-state index contributed by atoms with van der Waals surface area (Å²) in [6.07, 6.45) is 1.09. The maximum Gasteiger partial charge on any atom is 0.0745 e. The minimum Gasteiger partial charge on any atom is -0.391 e. The monoisotopic (exact) mass is 434 g/mol. The van der Waals surface area contributed by atoms with E-state index in [-0.39, 0.29) is 59.4 Å². The summed E-state index contributed by atoms with van der Waals surface area (Å²) < 4.78 is 21.1. The lowest BCUT2D eigenvalue weighted by Crippen LogP contribution is -2.14. The average Bonchev–Trinajstić information content (AvgIpc) is 2.41. The zero-order valence-corrected chi connectivity index (χ0v) is 13.4. The molecule has 0 aliphatic carbocycles. The molecule has 29 heavy (non-hydrogen) atoms. The van der Waals surface area contributed by atoms with Crippen molar-refractivity contribution in [1.29, 1.82) is 0 Å². The summed E-state index contributed by atoms with van der Waals surface area (Å²) in [5, 5.41) is 18.0. The van der Waals surface area contributed by atoms with Gasteiger partial charge in [-0.15, -0.1) is 0 Å². The first kappa shape index (κ1) is 56.7. The van der Waals surface area contributed by atoms with Gasteiger partial charge in [-0.1, -0.05) is 65.5 Å². The highest BCUT2D eigenvalue weighted by Gasteiger charge is 1.96. The zero-order valence-electron chi connectivity index (χ0n) is 13.4. The van der Waals surface area contributed by atoms with Crippen molar-refractivity contribution in [2.24, 2.45) is 0 Å². The number of hydrogen-bond acceptors (Lipinski definition) is 6. The molecule has 0 rings (SSSR count). The summed E-state index contributed by atoms with van der Waals surface area (Å²) in [7, 11) is 0. The van der Waals surface area contributed by atoms with E-state index >= 15 is 0 Å². The van der Waals surface area contributed by atoms with Crippen molar-refractivity contribution in [1.82, 2.24) is 0 Å². The van der Waals surface area contributed by atoms with E-state index in [1.165, 1.54) is 0 Å². The Morgan fingerprint density at radius 2 is 1.00 bits per heavy atom. The molecule has 0 aliphatic heterocycles. The van der Waals surface area contributed by atoms with Crippen molar-refractivity contribution >= 4 is 0 Å². The van der Waals surface area contributed by atoms with Crippen molar-refractivity contribution in [3.05, 3.63) is 11.6 Å². The van der Waals surface area contributed by atoms with Gasteiger partial charge in [0.15, 0.2) is 0 Å². The van der Waals surface area contributed by atoms with E-state index < -0.39 is 12.2 Å². The Balaban J connectivity index is -0.0000000714. The fourth-order valence-electron chi connectivity index (χ4n) is 1.32. The summed E-state index contributed by atoms with van der Waals surface area (Å²) in [6.45, 7) is 9.05. The molecule has 2 N–H and O–H groups in total. The van der Waals surface area contributed by atoms with Crippen LogP contribution in [-0.4, -0.2) is 75.3 Å². The molecule has 0 aromatic carbocycles. The van der Waals surface area contributed by atoms with E-state index in [1.54, 1.807) is 13.8 Å². The lowest BCUT2D eigenvalue weighted by Gasteiger charge is -2.08. The third-order valence-corrected chi connectivity index (χ3v) is 2.34. The fraction of sp³-hybridized carbons (Fsp3) is 0.913. The van der Waals surface area contributed by atoms with E-state index in [2.05, 4.69) is 0 Å². The normalized spacial score (nSPS) is 11.0. The van der Waals surface area contributed by atoms with Gasteiger partial charge in [0.1, 0.15) is 0 Å². The van der Waals surface area contributed by atoms with E-state index in [4.69, 9.17) is 29.2 Å². The molecule has 0 radical (unpaired) electrons. The molecule has 0 saturated carbocycles. The first-order chi connectivity index (χ1) is 10.0. The molecule has 0 amide bonds. The van der Waals surface area contributed by atoms with Crippen LogP contribution in [0.25, 0.3) is 0 Å². The van der Waals surface area contributed by atoms with Crippen LogP contribution in [0.5, 0.6) is 0 Å². The number of aliphatic hydroxyl groups is 2. The molecule has 0 bridgehead atoms. The average molecular weight is 435 g/mol. The van der Waals surface area contributed by atoms with Crippen molar-refractivity contribution in [2.75, 3.05) is 52.9 Å². The lowest BCUT2D eigenvalue weighted by molar-refractivity contribution is 0.0123. The molecule has 0 aromatic rings. The molecule has 6 nitrogen and oxygen atoms in total. The molecule has 0 saturated heterocycles.